The van der Waals surface area contributed by atoms with Gasteiger partial charge in [0, 0.05) is 32.6 Å². The van der Waals surface area contributed by atoms with Gasteiger partial charge in [-0.05, 0) is 24.8 Å². The molecule has 2 aliphatic heterocycles. The smallest absolute Gasteiger partial charge is 0.223 e. The van der Waals surface area contributed by atoms with E-state index in [-0.39, 0.29) is 12.0 Å². The summed E-state index contributed by atoms with van der Waals surface area (Å²) in [7, 11) is 0. The van der Waals surface area contributed by atoms with E-state index in [1.165, 1.54) is 18.4 Å². The van der Waals surface area contributed by atoms with Crippen LogP contribution in [0.5, 0.6) is 0 Å². The zero-order chi connectivity index (χ0) is 21.0. The summed E-state index contributed by atoms with van der Waals surface area (Å²) in [6.45, 7) is 4.20. The van der Waals surface area contributed by atoms with E-state index in [2.05, 4.69) is 37.3 Å². The molecule has 0 bridgehead atoms. The van der Waals surface area contributed by atoms with E-state index in [9.17, 15) is 4.79 Å². The van der Waals surface area contributed by atoms with Gasteiger partial charge in [0.15, 0.2) is 17.0 Å². The molecule has 0 saturated carbocycles. The standard InChI is InChI=1S/C22H27N7O2/c30-19(9-8-17-6-2-1-3-7-17)28-12-13-31-18(14-28)15-29-22-20(25-26-29)21(23-16-24-22)27-10-4-5-11-27/h1-3,6-7,16,18H,4-5,8-15H2/t18-/m0/s1. The van der Waals surface area contributed by atoms with E-state index < -0.39 is 0 Å². The summed E-state index contributed by atoms with van der Waals surface area (Å²) in [6, 6.07) is 10.1. The van der Waals surface area contributed by atoms with Crippen LogP contribution in [0, 0.1) is 0 Å². The molecule has 0 spiro atoms. The molecule has 9 heteroatoms. The first-order chi connectivity index (χ1) is 15.3. The number of aryl methyl sites for hydroxylation is 1. The molecule has 9 nitrogen and oxygen atoms in total. The molecule has 1 aromatic carbocycles. The summed E-state index contributed by atoms with van der Waals surface area (Å²) in [5, 5.41) is 8.68. The molecule has 0 unspecified atom stereocenters. The third-order valence-electron chi connectivity index (χ3n) is 6.02. The van der Waals surface area contributed by atoms with Gasteiger partial charge < -0.3 is 14.5 Å². The number of benzene rings is 1. The van der Waals surface area contributed by atoms with Gasteiger partial charge in [0.25, 0.3) is 0 Å². The molecule has 1 atom stereocenters. The average Bonchev–Trinajstić information content (AvgIpc) is 3.49. The van der Waals surface area contributed by atoms with Crippen molar-refractivity contribution in [2.75, 3.05) is 37.7 Å². The van der Waals surface area contributed by atoms with Crippen molar-refractivity contribution in [3.63, 3.8) is 0 Å². The second-order valence-electron chi connectivity index (χ2n) is 8.15. The van der Waals surface area contributed by atoms with E-state index in [1.807, 2.05) is 23.1 Å². The molecule has 4 heterocycles. The number of ether oxygens (including phenoxy) is 1. The van der Waals surface area contributed by atoms with Crippen molar-refractivity contribution in [1.29, 1.82) is 0 Å². The largest absolute Gasteiger partial charge is 0.373 e. The lowest BCUT2D eigenvalue weighted by molar-refractivity contribution is -0.139. The van der Waals surface area contributed by atoms with Crippen molar-refractivity contribution in [1.82, 2.24) is 29.9 Å². The lowest BCUT2D eigenvalue weighted by Crippen LogP contribution is -2.47. The fourth-order valence-corrected chi connectivity index (χ4v) is 4.37. The lowest BCUT2D eigenvalue weighted by Gasteiger charge is -2.33. The molecular weight excluding hydrogens is 394 g/mol. The summed E-state index contributed by atoms with van der Waals surface area (Å²) in [5.41, 5.74) is 2.63. The molecule has 0 radical (unpaired) electrons. The van der Waals surface area contributed by atoms with Gasteiger partial charge in [0.05, 0.1) is 19.3 Å². The highest BCUT2D eigenvalue weighted by atomic mass is 16.5. The number of anilines is 1. The van der Waals surface area contributed by atoms with Crippen LogP contribution in [0.4, 0.5) is 5.82 Å². The van der Waals surface area contributed by atoms with Gasteiger partial charge in [-0.2, -0.15) is 0 Å². The van der Waals surface area contributed by atoms with Crippen molar-refractivity contribution in [3.05, 3.63) is 42.2 Å². The summed E-state index contributed by atoms with van der Waals surface area (Å²) >= 11 is 0. The van der Waals surface area contributed by atoms with Crippen molar-refractivity contribution < 1.29 is 9.53 Å². The molecular formula is C22H27N7O2. The number of fused-ring (bicyclic) bond motifs is 1. The SMILES string of the molecule is O=C(CCc1ccccc1)N1CCO[C@H](Cn2nnc3c(N4CCCC4)ncnc32)C1. The van der Waals surface area contributed by atoms with Crippen LogP contribution in [0.25, 0.3) is 11.2 Å². The second-order valence-corrected chi connectivity index (χ2v) is 8.15. The molecule has 1 amide bonds. The zero-order valence-corrected chi connectivity index (χ0v) is 17.6. The van der Waals surface area contributed by atoms with E-state index in [1.54, 1.807) is 11.0 Å². The van der Waals surface area contributed by atoms with Crippen LogP contribution in [0.3, 0.4) is 0 Å². The number of aromatic nitrogens is 5. The number of morpholine rings is 1. The summed E-state index contributed by atoms with van der Waals surface area (Å²) in [5.74, 6) is 1.02. The normalized spacial score (nSPS) is 19.3. The average molecular weight is 422 g/mol. The Morgan fingerprint density at radius 1 is 1.10 bits per heavy atom. The van der Waals surface area contributed by atoms with Crippen LogP contribution in [0.15, 0.2) is 36.7 Å². The summed E-state index contributed by atoms with van der Waals surface area (Å²) in [4.78, 5) is 25.7. The Labute approximate surface area is 181 Å². The topological polar surface area (TPSA) is 89.3 Å². The zero-order valence-electron chi connectivity index (χ0n) is 17.6. The first-order valence-electron chi connectivity index (χ1n) is 11.0. The van der Waals surface area contributed by atoms with Crippen LogP contribution in [0.1, 0.15) is 24.8 Å². The van der Waals surface area contributed by atoms with Crippen LogP contribution < -0.4 is 4.90 Å². The predicted octanol–water partition coefficient (Wildman–Crippen LogP) is 1.68. The van der Waals surface area contributed by atoms with Gasteiger partial charge in [-0.25, -0.2) is 14.6 Å². The highest BCUT2D eigenvalue weighted by Crippen LogP contribution is 2.24. The Morgan fingerprint density at radius 3 is 2.77 bits per heavy atom. The highest BCUT2D eigenvalue weighted by Gasteiger charge is 2.26. The van der Waals surface area contributed by atoms with E-state index >= 15 is 0 Å². The van der Waals surface area contributed by atoms with Crippen molar-refractivity contribution in [3.8, 4) is 0 Å². The van der Waals surface area contributed by atoms with E-state index in [0.29, 0.717) is 38.3 Å². The summed E-state index contributed by atoms with van der Waals surface area (Å²) < 4.78 is 7.71. The lowest BCUT2D eigenvalue weighted by atomic mass is 10.1. The second kappa shape index (κ2) is 8.97. The number of amides is 1. The fraction of sp³-hybridized carbons (Fsp3) is 0.500. The fourth-order valence-electron chi connectivity index (χ4n) is 4.37. The molecule has 2 aliphatic rings. The van der Waals surface area contributed by atoms with E-state index in [0.717, 1.165) is 30.8 Å². The number of hydrogen-bond acceptors (Lipinski definition) is 7. The minimum absolute atomic E-state index is 0.135. The molecule has 2 saturated heterocycles. The number of nitrogens with zero attached hydrogens (tertiary/aromatic N) is 7. The first-order valence-corrected chi connectivity index (χ1v) is 11.0. The Kier molecular flexibility index (Phi) is 5.75. The molecule has 0 N–H and O–H groups in total. The van der Waals surface area contributed by atoms with Gasteiger partial charge in [0.2, 0.25) is 5.91 Å². The minimum atomic E-state index is -0.135. The van der Waals surface area contributed by atoms with Gasteiger partial charge in [-0.1, -0.05) is 35.5 Å². The van der Waals surface area contributed by atoms with Gasteiger partial charge >= 0.3 is 0 Å². The Bertz CT molecular complexity index is 1030. The van der Waals surface area contributed by atoms with Crippen molar-refractivity contribution >= 4 is 22.9 Å². The third-order valence-corrected chi connectivity index (χ3v) is 6.02. The number of rotatable bonds is 6. The van der Waals surface area contributed by atoms with Crippen LogP contribution in [-0.2, 0) is 22.5 Å². The van der Waals surface area contributed by atoms with Crippen LogP contribution in [-0.4, -0.2) is 74.7 Å². The minimum Gasteiger partial charge on any atom is -0.373 e. The van der Waals surface area contributed by atoms with Crippen molar-refractivity contribution in [2.24, 2.45) is 0 Å². The van der Waals surface area contributed by atoms with Crippen LogP contribution >= 0.6 is 0 Å². The molecule has 3 aromatic rings. The predicted molar refractivity (Wildman–Crippen MR) is 116 cm³/mol. The molecule has 5 rings (SSSR count). The Balaban J connectivity index is 1.23. The third kappa shape index (κ3) is 4.36. The van der Waals surface area contributed by atoms with Crippen molar-refractivity contribution in [2.45, 2.75) is 38.3 Å². The first kappa shape index (κ1) is 19.9. The molecule has 162 valence electrons. The molecule has 2 aromatic heterocycles. The monoisotopic (exact) mass is 421 g/mol. The maximum atomic E-state index is 12.7. The maximum absolute atomic E-state index is 12.7. The Morgan fingerprint density at radius 2 is 1.94 bits per heavy atom. The molecule has 0 aliphatic carbocycles. The maximum Gasteiger partial charge on any atom is 0.223 e. The molecule has 2 fully saturated rings. The number of carbonyl (C=O) groups excluding carboxylic acids is 1. The quantitative estimate of drug-likeness (QED) is 0.598. The van der Waals surface area contributed by atoms with E-state index in [4.69, 9.17) is 4.74 Å². The van der Waals surface area contributed by atoms with Gasteiger partial charge in [0.1, 0.15) is 6.33 Å². The highest BCUT2D eigenvalue weighted by molar-refractivity contribution is 5.82. The molecule has 31 heavy (non-hydrogen) atoms. The number of carbonyl (C=O) groups is 1. The van der Waals surface area contributed by atoms with Crippen LogP contribution in [0.2, 0.25) is 0 Å². The Hall–Kier alpha value is -3.07. The summed E-state index contributed by atoms with van der Waals surface area (Å²) in [6.07, 6.45) is 5.05. The number of hydrogen-bond donors (Lipinski definition) is 0. The van der Waals surface area contributed by atoms with Gasteiger partial charge in [-0.15, -0.1) is 5.10 Å². The van der Waals surface area contributed by atoms with Gasteiger partial charge in [-0.3, -0.25) is 4.79 Å².